The maximum atomic E-state index is 12.5. The molecule has 0 aliphatic heterocycles. The molecule has 0 unspecified atom stereocenters. The highest BCUT2D eigenvalue weighted by atomic mass is 16.3. The molecule has 0 spiro atoms. The van der Waals surface area contributed by atoms with Crippen LogP contribution in [0.3, 0.4) is 0 Å². The van der Waals surface area contributed by atoms with Crippen LogP contribution < -0.4 is 0 Å². The molecule has 2 heteroatoms. The smallest absolute Gasteiger partial charge is 0.136 e. The predicted octanol–water partition coefficient (Wildman–Crippen LogP) is 13.9. The fourth-order valence-corrected chi connectivity index (χ4v) is 8.10. The number of phenolic OH excluding ortho intramolecular Hbond substituents is 1. The first-order chi connectivity index (χ1) is 25.7. The third-order valence-electron chi connectivity index (χ3n) is 10.4. The molecule has 1 heterocycles. The first kappa shape index (κ1) is 30.0. The highest BCUT2D eigenvalue weighted by Crippen LogP contribution is 2.51. The summed E-state index contributed by atoms with van der Waals surface area (Å²) in [4.78, 5) is 0. The Hall–Kier alpha value is -6.90. The van der Waals surface area contributed by atoms with Gasteiger partial charge in [0.1, 0.15) is 16.9 Å². The van der Waals surface area contributed by atoms with Crippen molar-refractivity contribution in [1.29, 1.82) is 0 Å². The van der Waals surface area contributed by atoms with Crippen LogP contribution >= 0.6 is 0 Å². The van der Waals surface area contributed by atoms with E-state index in [1.165, 1.54) is 5.56 Å². The normalized spacial score (nSPS) is 11.5. The predicted molar refractivity (Wildman–Crippen MR) is 218 cm³/mol. The zero-order chi connectivity index (χ0) is 34.6. The number of rotatable bonds is 5. The lowest BCUT2D eigenvalue weighted by atomic mass is 9.83. The van der Waals surface area contributed by atoms with Crippen molar-refractivity contribution in [3.63, 3.8) is 0 Å². The summed E-state index contributed by atoms with van der Waals surface area (Å²) < 4.78 is 6.51. The lowest BCUT2D eigenvalue weighted by molar-refractivity contribution is 0.479. The molecule has 0 aliphatic carbocycles. The minimum atomic E-state index is 0.270. The summed E-state index contributed by atoms with van der Waals surface area (Å²) in [6, 6.07) is 65.4. The molecule has 52 heavy (non-hydrogen) atoms. The Morgan fingerprint density at radius 3 is 1.44 bits per heavy atom. The van der Waals surface area contributed by atoms with E-state index < -0.39 is 0 Å². The van der Waals surface area contributed by atoms with Gasteiger partial charge in [0, 0.05) is 27.5 Å². The Morgan fingerprint density at radius 2 is 0.827 bits per heavy atom. The van der Waals surface area contributed by atoms with Crippen molar-refractivity contribution in [3.05, 3.63) is 188 Å². The van der Waals surface area contributed by atoms with Gasteiger partial charge < -0.3 is 9.52 Å². The van der Waals surface area contributed by atoms with Gasteiger partial charge in [-0.3, -0.25) is 0 Å². The minimum absolute atomic E-state index is 0.270. The van der Waals surface area contributed by atoms with Crippen molar-refractivity contribution in [3.8, 4) is 61.4 Å². The third-order valence-corrected chi connectivity index (χ3v) is 10.4. The average molecular weight is 665 g/mol. The van der Waals surface area contributed by atoms with Crippen molar-refractivity contribution in [1.82, 2.24) is 0 Å². The fraction of sp³-hybridized carbons (Fsp3) is 0. The fourth-order valence-electron chi connectivity index (χ4n) is 8.10. The van der Waals surface area contributed by atoms with Crippen LogP contribution in [0.2, 0.25) is 0 Å². The molecule has 9 aromatic carbocycles. The molecule has 1 N–H and O–H groups in total. The van der Waals surface area contributed by atoms with E-state index in [0.29, 0.717) is 0 Å². The Kier molecular flexibility index (Phi) is 7.00. The average Bonchev–Trinajstić information content (AvgIpc) is 3.59. The van der Waals surface area contributed by atoms with Crippen LogP contribution in [0.15, 0.2) is 192 Å². The van der Waals surface area contributed by atoms with E-state index in [1.807, 2.05) is 42.5 Å². The maximum absolute atomic E-state index is 12.5. The minimum Gasteiger partial charge on any atom is -0.507 e. The van der Waals surface area contributed by atoms with Gasteiger partial charge in [-0.1, -0.05) is 164 Å². The summed E-state index contributed by atoms with van der Waals surface area (Å²) in [5.74, 6) is 0.270. The molecule has 0 saturated carbocycles. The van der Waals surface area contributed by atoms with E-state index in [4.69, 9.17) is 4.42 Å². The first-order valence-corrected chi connectivity index (χ1v) is 17.7. The summed E-state index contributed by atoms with van der Waals surface area (Å²) >= 11 is 0. The number of phenols is 1. The van der Waals surface area contributed by atoms with Gasteiger partial charge in [-0.15, -0.1) is 0 Å². The molecule has 2 nitrogen and oxygen atoms in total. The number of hydrogen-bond donors (Lipinski definition) is 1. The van der Waals surface area contributed by atoms with Crippen molar-refractivity contribution in [2.24, 2.45) is 0 Å². The van der Waals surface area contributed by atoms with Crippen LogP contribution in [0.5, 0.6) is 5.75 Å². The van der Waals surface area contributed by atoms with Gasteiger partial charge in [-0.2, -0.15) is 0 Å². The summed E-state index contributed by atoms with van der Waals surface area (Å²) in [5.41, 5.74) is 12.0. The second-order valence-corrected chi connectivity index (χ2v) is 13.3. The van der Waals surface area contributed by atoms with E-state index in [9.17, 15) is 5.11 Å². The molecule has 1 aromatic heterocycles. The van der Waals surface area contributed by atoms with E-state index >= 15 is 0 Å². The molecule has 10 rings (SSSR count). The maximum Gasteiger partial charge on any atom is 0.136 e. The van der Waals surface area contributed by atoms with Crippen molar-refractivity contribution in [2.45, 2.75) is 0 Å². The Bertz CT molecular complexity index is 2880. The molecule has 0 atom stereocenters. The summed E-state index contributed by atoms with van der Waals surface area (Å²) in [7, 11) is 0. The first-order valence-electron chi connectivity index (χ1n) is 17.7. The van der Waals surface area contributed by atoms with Gasteiger partial charge in [0.05, 0.1) is 0 Å². The van der Waals surface area contributed by atoms with E-state index in [1.54, 1.807) is 0 Å². The number of aromatic hydroxyl groups is 1. The van der Waals surface area contributed by atoms with Crippen LogP contribution in [-0.4, -0.2) is 5.11 Å². The van der Waals surface area contributed by atoms with Crippen molar-refractivity contribution >= 4 is 43.5 Å². The molecular formula is C50H32O2. The molecule has 0 bridgehead atoms. The van der Waals surface area contributed by atoms with Gasteiger partial charge in [0.2, 0.25) is 0 Å². The van der Waals surface area contributed by atoms with Gasteiger partial charge in [0.25, 0.3) is 0 Å². The van der Waals surface area contributed by atoms with Crippen molar-refractivity contribution < 1.29 is 9.52 Å². The highest BCUT2D eigenvalue weighted by molar-refractivity contribution is 6.26. The van der Waals surface area contributed by atoms with E-state index in [-0.39, 0.29) is 5.75 Å². The van der Waals surface area contributed by atoms with Gasteiger partial charge in [0.15, 0.2) is 0 Å². The lowest BCUT2D eigenvalue weighted by Crippen LogP contribution is -1.94. The SMILES string of the molecule is Oc1c(-c2c3ccccc3c(-c3cccc4oc5ccc(-c6ccccc6)cc5c34)c3ccccc23)ccc(-c2ccccc2)c1-c1ccccc1. The molecule has 10 aromatic rings. The molecular weight excluding hydrogens is 633 g/mol. The number of fused-ring (bicyclic) bond motifs is 5. The van der Waals surface area contributed by atoms with Gasteiger partial charge in [-0.05, 0) is 84.8 Å². The quantitative estimate of drug-likeness (QED) is 0.186. The van der Waals surface area contributed by atoms with Crippen molar-refractivity contribution in [2.75, 3.05) is 0 Å². The highest BCUT2D eigenvalue weighted by Gasteiger charge is 2.24. The zero-order valence-electron chi connectivity index (χ0n) is 28.3. The Labute approximate surface area is 301 Å². The largest absolute Gasteiger partial charge is 0.507 e. The van der Waals surface area contributed by atoms with Crippen LogP contribution in [-0.2, 0) is 0 Å². The molecule has 0 fully saturated rings. The van der Waals surface area contributed by atoms with Crippen LogP contribution in [0, 0.1) is 0 Å². The van der Waals surface area contributed by atoms with Crippen LogP contribution in [0.1, 0.15) is 0 Å². The lowest BCUT2D eigenvalue weighted by Gasteiger charge is -2.21. The molecule has 244 valence electrons. The molecule has 0 aliphatic rings. The summed E-state index contributed by atoms with van der Waals surface area (Å²) in [6.45, 7) is 0. The number of benzene rings is 9. The molecule has 0 radical (unpaired) electrons. The number of hydrogen-bond acceptors (Lipinski definition) is 2. The standard InChI is InChI=1S/C50H32O2/c51-50-42(29-28-36(33-17-6-2-7-18-33)46(50)34-19-8-3-9-20-34)48-39-23-12-10-21-37(39)47(38-22-11-13-24-40(38)48)41-25-14-26-45-49(41)43-31-35(27-30-44(43)52-45)32-15-4-1-5-16-32/h1-31,51H. The van der Waals surface area contributed by atoms with E-state index in [0.717, 1.165) is 93.6 Å². The topological polar surface area (TPSA) is 33.4 Å². The molecule has 0 amide bonds. The second kappa shape index (κ2) is 12.2. The summed E-state index contributed by atoms with van der Waals surface area (Å²) in [6.07, 6.45) is 0. The zero-order valence-corrected chi connectivity index (χ0v) is 28.3. The van der Waals surface area contributed by atoms with Gasteiger partial charge >= 0.3 is 0 Å². The third kappa shape index (κ3) is 4.73. The Morgan fingerprint density at radius 1 is 0.308 bits per heavy atom. The van der Waals surface area contributed by atoms with Gasteiger partial charge in [-0.25, -0.2) is 0 Å². The second-order valence-electron chi connectivity index (χ2n) is 13.3. The van der Waals surface area contributed by atoms with E-state index in [2.05, 4.69) is 146 Å². The number of furan rings is 1. The van der Waals surface area contributed by atoms with Crippen LogP contribution in [0.25, 0.3) is 99.1 Å². The monoisotopic (exact) mass is 664 g/mol. The Balaban J connectivity index is 1.28. The molecule has 0 saturated heterocycles. The summed E-state index contributed by atoms with van der Waals surface area (Å²) in [5, 5.41) is 19.1. The van der Waals surface area contributed by atoms with Crippen LogP contribution in [0.4, 0.5) is 0 Å².